The van der Waals surface area contributed by atoms with Crippen LogP contribution in [0.2, 0.25) is 10.0 Å². The molecular formula is C28H28Cl2NO6PS. The van der Waals surface area contributed by atoms with Crippen LogP contribution in [-0.4, -0.2) is 44.6 Å². The fraction of sp³-hybridized carbons (Fsp3) is 0.250. The van der Waals surface area contributed by atoms with E-state index in [0.29, 0.717) is 39.3 Å². The van der Waals surface area contributed by atoms with Gasteiger partial charge in [0.05, 0.1) is 11.2 Å². The molecule has 0 fully saturated rings. The molecule has 0 aliphatic rings. The Morgan fingerprint density at radius 3 is 2.44 bits per heavy atom. The van der Waals surface area contributed by atoms with Gasteiger partial charge in [-0.05, 0) is 67.0 Å². The molecule has 2 atom stereocenters. The fourth-order valence-electron chi connectivity index (χ4n) is 4.29. The molecule has 4 rings (SSSR count). The zero-order chi connectivity index (χ0) is 28.4. The lowest BCUT2D eigenvalue weighted by atomic mass is 10.0. The van der Waals surface area contributed by atoms with Crippen LogP contribution in [0, 0.1) is 0 Å². The van der Waals surface area contributed by atoms with E-state index < -0.39 is 29.0 Å². The Hall–Kier alpha value is -2.61. The number of carbonyl (C=O) groups is 1. The molecule has 0 aliphatic carbocycles. The van der Waals surface area contributed by atoms with Gasteiger partial charge in [-0.2, -0.15) is 0 Å². The molecule has 7 nitrogen and oxygen atoms in total. The summed E-state index contributed by atoms with van der Waals surface area (Å²) in [4.78, 5) is 12.0. The standard InChI is InChI=1S/C28H28Cl2NO6PS/c1-38(34,21-7-6-20-8-10-37-27(20)16-21)11-9-19-13-24(29)23(25(30)14-19)17-31-26(28(32)33)15-18-4-3-5-22(12-18)39(2,35)36/h3-8,10,12-14,16,26,31H,9,11,15,17H2,1-2H3,(H,32,33)/t26-,38?/m0/s1. The number of fused-ring (bicyclic) bond motifs is 1. The van der Waals surface area contributed by atoms with Crippen molar-refractivity contribution in [1.82, 2.24) is 5.32 Å². The third-order valence-corrected chi connectivity index (χ3v) is 10.8. The average Bonchev–Trinajstić information content (AvgIpc) is 3.34. The number of carboxylic acids is 1. The van der Waals surface area contributed by atoms with E-state index in [1.807, 2.05) is 24.3 Å². The Balaban J connectivity index is 1.43. The van der Waals surface area contributed by atoms with Crippen LogP contribution in [0.3, 0.4) is 0 Å². The zero-order valence-electron chi connectivity index (χ0n) is 21.4. The van der Waals surface area contributed by atoms with Crippen LogP contribution in [0.4, 0.5) is 0 Å². The third kappa shape index (κ3) is 7.33. The fourth-order valence-corrected chi connectivity index (χ4v) is 7.37. The molecular weight excluding hydrogens is 580 g/mol. The highest BCUT2D eigenvalue weighted by Gasteiger charge is 2.22. The van der Waals surface area contributed by atoms with Gasteiger partial charge in [0.2, 0.25) is 0 Å². The Kier molecular flexibility index (Phi) is 8.94. The molecule has 0 saturated heterocycles. The van der Waals surface area contributed by atoms with Crippen LogP contribution in [-0.2, 0) is 38.6 Å². The number of aryl methyl sites for hydroxylation is 1. The second-order valence-electron chi connectivity index (χ2n) is 9.65. The summed E-state index contributed by atoms with van der Waals surface area (Å²) in [5.41, 5.74) is 2.63. The summed E-state index contributed by atoms with van der Waals surface area (Å²) in [6.45, 7) is 1.84. The number of furan rings is 1. The minimum absolute atomic E-state index is 0.0710. The zero-order valence-corrected chi connectivity index (χ0v) is 24.6. The highest BCUT2D eigenvalue weighted by atomic mass is 35.5. The Bertz CT molecular complexity index is 1660. The van der Waals surface area contributed by atoms with Gasteiger partial charge in [-0.1, -0.05) is 47.5 Å². The number of benzene rings is 3. The molecule has 1 heterocycles. The first-order chi connectivity index (χ1) is 18.3. The molecule has 4 aromatic rings. The predicted octanol–water partition coefficient (Wildman–Crippen LogP) is 5.79. The average molecular weight is 608 g/mol. The monoisotopic (exact) mass is 607 g/mol. The van der Waals surface area contributed by atoms with E-state index in [-0.39, 0.29) is 17.9 Å². The Morgan fingerprint density at radius 2 is 1.77 bits per heavy atom. The molecule has 0 spiro atoms. The van der Waals surface area contributed by atoms with E-state index in [9.17, 15) is 22.9 Å². The van der Waals surface area contributed by atoms with Gasteiger partial charge in [0.15, 0.2) is 9.84 Å². The molecule has 0 amide bonds. The number of sulfone groups is 1. The van der Waals surface area contributed by atoms with Gasteiger partial charge in [0.1, 0.15) is 18.8 Å². The molecule has 2 N–H and O–H groups in total. The van der Waals surface area contributed by atoms with Gasteiger partial charge in [-0.3, -0.25) is 10.1 Å². The van der Waals surface area contributed by atoms with Crippen LogP contribution in [0.1, 0.15) is 16.7 Å². The molecule has 0 bridgehead atoms. The van der Waals surface area contributed by atoms with Gasteiger partial charge in [0, 0.05) is 45.3 Å². The number of carboxylic acid groups (broad SMARTS) is 1. The minimum Gasteiger partial charge on any atom is -0.480 e. The van der Waals surface area contributed by atoms with E-state index in [4.69, 9.17) is 27.6 Å². The third-order valence-electron chi connectivity index (χ3n) is 6.60. The van der Waals surface area contributed by atoms with Crippen molar-refractivity contribution in [3.8, 4) is 0 Å². The van der Waals surface area contributed by atoms with Crippen molar-refractivity contribution in [2.75, 3.05) is 19.1 Å². The lowest BCUT2D eigenvalue weighted by Crippen LogP contribution is -2.38. The smallest absolute Gasteiger partial charge is 0.321 e. The molecule has 3 aromatic carbocycles. The molecule has 0 aliphatic heterocycles. The quantitative estimate of drug-likeness (QED) is 0.207. The molecule has 1 unspecified atom stereocenters. The van der Waals surface area contributed by atoms with E-state index in [1.165, 1.54) is 12.1 Å². The second-order valence-corrected chi connectivity index (χ2v) is 15.6. The van der Waals surface area contributed by atoms with Crippen molar-refractivity contribution in [3.63, 3.8) is 0 Å². The molecule has 206 valence electrons. The summed E-state index contributed by atoms with van der Waals surface area (Å²) in [5.74, 6) is -1.09. The van der Waals surface area contributed by atoms with E-state index in [2.05, 4.69) is 5.32 Å². The van der Waals surface area contributed by atoms with Crippen LogP contribution >= 0.6 is 30.3 Å². The van der Waals surface area contributed by atoms with Crippen LogP contribution < -0.4 is 10.6 Å². The number of nitrogens with one attached hydrogen (secondary N) is 1. The highest BCUT2D eigenvalue weighted by Crippen LogP contribution is 2.41. The van der Waals surface area contributed by atoms with E-state index in [1.54, 1.807) is 37.2 Å². The van der Waals surface area contributed by atoms with Gasteiger partial charge in [0.25, 0.3) is 0 Å². The van der Waals surface area contributed by atoms with Crippen molar-refractivity contribution in [3.05, 3.63) is 93.7 Å². The van der Waals surface area contributed by atoms with Crippen molar-refractivity contribution in [2.24, 2.45) is 0 Å². The van der Waals surface area contributed by atoms with Crippen molar-refractivity contribution >= 4 is 62.4 Å². The van der Waals surface area contributed by atoms with Crippen LogP contribution in [0.5, 0.6) is 0 Å². The molecule has 0 radical (unpaired) electrons. The van der Waals surface area contributed by atoms with Crippen molar-refractivity contribution in [1.29, 1.82) is 0 Å². The summed E-state index contributed by atoms with van der Waals surface area (Å²) in [5, 5.41) is 15.1. The maximum Gasteiger partial charge on any atom is 0.321 e. The number of aliphatic carboxylic acids is 1. The van der Waals surface area contributed by atoms with Crippen molar-refractivity contribution < 1.29 is 27.3 Å². The second kappa shape index (κ2) is 11.9. The summed E-state index contributed by atoms with van der Waals surface area (Å²) in [6, 6.07) is 16.2. The topological polar surface area (TPSA) is 114 Å². The maximum atomic E-state index is 13.5. The number of hydrogen-bond donors (Lipinski definition) is 2. The lowest BCUT2D eigenvalue weighted by Gasteiger charge is -2.18. The Labute approximate surface area is 237 Å². The first-order valence-corrected chi connectivity index (χ1v) is 17.1. The molecule has 0 saturated carbocycles. The first kappa shape index (κ1) is 29.4. The molecule has 11 heteroatoms. The van der Waals surface area contributed by atoms with Gasteiger partial charge < -0.3 is 14.1 Å². The number of rotatable bonds is 11. The Morgan fingerprint density at radius 1 is 1.05 bits per heavy atom. The molecule has 1 aromatic heterocycles. The van der Waals surface area contributed by atoms with E-state index >= 15 is 0 Å². The van der Waals surface area contributed by atoms with Gasteiger partial charge in [-0.15, -0.1) is 0 Å². The summed E-state index contributed by atoms with van der Waals surface area (Å²) in [7, 11) is -6.09. The van der Waals surface area contributed by atoms with Gasteiger partial charge >= 0.3 is 5.97 Å². The minimum atomic E-state index is -3.41. The number of hydrogen-bond acceptors (Lipinski definition) is 6. The largest absolute Gasteiger partial charge is 0.480 e. The van der Waals surface area contributed by atoms with Crippen LogP contribution in [0.15, 0.2) is 76.2 Å². The first-order valence-electron chi connectivity index (χ1n) is 12.1. The van der Waals surface area contributed by atoms with E-state index in [0.717, 1.165) is 22.5 Å². The van der Waals surface area contributed by atoms with Gasteiger partial charge in [-0.25, -0.2) is 8.42 Å². The summed E-state index contributed by atoms with van der Waals surface area (Å²) < 4.78 is 42.6. The van der Waals surface area contributed by atoms with Crippen LogP contribution in [0.25, 0.3) is 11.0 Å². The van der Waals surface area contributed by atoms with Crippen molar-refractivity contribution in [2.45, 2.75) is 30.3 Å². The summed E-state index contributed by atoms with van der Waals surface area (Å²) >= 11 is 13.1. The maximum absolute atomic E-state index is 13.5. The number of halogens is 2. The predicted molar refractivity (Wildman–Crippen MR) is 156 cm³/mol. The SMILES string of the molecule is CP(=O)(CCc1cc(Cl)c(CN[C@@H](Cc2cccc(S(C)(=O)=O)c2)C(=O)O)c(Cl)c1)c1ccc2ccoc2c1. The highest BCUT2D eigenvalue weighted by molar-refractivity contribution is 7.90. The normalized spacial score (nSPS) is 14.3. The summed E-state index contributed by atoms with van der Waals surface area (Å²) in [6.07, 6.45) is 3.68. The lowest BCUT2D eigenvalue weighted by molar-refractivity contribution is -0.139. The molecule has 39 heavy (non-hydrogen) atoms.